The lowest BCUT2D eigenvalue weighted by Crippen LogP contribution is -2.04. The molecule has 2 rings (SSSR count). The van der Waals surface area contributed by atoms with Crippen molar-refractivity contribution in [3.05, 3.63) is 12.3 Å². The van der Waals surface area contributed by atoms with E-state index in [0.717, 1.165) is 11.0 Å². The first-order valence-corrected chi connectivity index (χ1v) is 5.24. The van der Waals surface area contributed by atoms with Gasteiger partial charge >= 0.3 is 0 Å². The maximum absolute atomic E-state index is 4.31. The van der Waals surface area contributed by atoms with Crippen molar-refractivity contribution < 1.29 is 0 Å². The van der Waals surface area contributed by atoms with E-state index in [1.807, 2.05) is 12.3 Å². The van der Waals surface area contributed by atoms with E-state index in [4.69, 9.17) is 0 Å². The predicted octanol–water partition coefficient (Wildman–Crippen LogP) is 1.77. The number of nitrogens with zero attached hydrogens (tertiary/aromatic N) is 2. The Bertz CT molecular complexity index is 273. The number of rotatable bonds is 3. The number of hydrogen-bond acceptors (Lipinski definition) is 4. The summed E-state index contributed by atoms with van der Waals surface area (Å²) in [5.74, 6) is 0.768. The zero-order valence-corrected chi connectivity index (χ0v) is 7.77. The fraction of sp³-hybridized carbons (Fsp3) is 0.500. The van der Waals surface area contributed by atoms with Crippen molar-refractivity contribution in [3.63, 3.8) is 0 Å². The van der Waals surface area contributed by atoms with Crippen LogP contribution >= 0.6 is 11.8 Å². The summed E-state index contributed by atoms with van der Waals surface area (Å²) in [5, 5.41) is 4.28. The van der Waals surface area contributed by atoms with Gasteiger partial charge in [0.15, 0.2) is 0 Å². The van der Waals surface area contributed by atoms with Crippen LogP contribution in [0.4, 0.5) is 5.95 Å². The van der Waals surface area contributed by atoms with Crippen LogP contribution in [0.15, 0.2) is 17.3 Å². The first-order valence-electron chi connectivity index (χ1n) is 4.02. The van der Waals surface area contributed by atoms with E-state index in [1.165, 1.54) is 12.8 Å². The van der Waals surface area contributed by atoms with E-state index in [2.05, 4.69) is 15.3 Å². The summed E-state index contributed by atoms with van der Waals surface area (Å²) < 4.78 is 0. The monoisotopic (exact) mass is 181 g/mol. The summed E-state index contributed by atoms with van der Waals surface area (Å²) in [4.78, 5) is 8.44. The van der Waals surface area contributed by atoms with Crippen molar-refractivity contribution in [2.75, 3.05) is 11.6 Å². The Morgan fingerprint density at radius 1 is 1.58 bits per heavy atom. The van der Waals surface area contributed by atoms with Crippen LogP contribution in [0.2, 0.25) is 0 Å². The molecule has 0 saturated heterocycles. The summed E-state index contributed by atoms with van der Waals surface area (Å²) in [6.45, 7) is 0. The highest BCUT2D eigenvalue weighted by Crippen LogP contribution is 2.23. The van der Waals surface area contributed by atoms with Crippen molar-refractivity contribution in [1.29, 1.82) is 0 Å². The van der Waals surface area contributed by atoms with Gasteiger partial charge in [-0.1, -0.05) is 0 Å². The van der Waals surface area contributed by atoms with Crippen molar-refractivity contribution in [2.24, 2.45) is 0 Å². The maximum atomic E-state index is 4.31. The van der Waals surface area contributed by atoms with Gasteiger partial charge in [0.1, 0.15) is 5.03 Å². The maximum Gasteiger partial charge on any atom is 0.223 e. The Morgan fingerprint density at radius 2 is 2.42 bits per heavy atom. The number of aromatic nitrogens is 2. The van der Waals surface area contributed by atoms with Gasteiger partial charge in [-0.2, -0.15) is 0 Å². The van der Waals surface area contributed by atoms with E-state index in [-0.39, 0.29) is 0 Å². The third-order valence-corrected chi connectivity index (χ3v) is 2.40. The first-order chi connectivity index (χ1) is 5.88. The standard InChI is InChI=1S/C8H11N3S/c1-12-7-4-5-9-8(11-7)10-6-2-3-6/h4-6H,2-3H2,1H3,(H,9,10,11). The quantitative estimate of drug-likeness (QED) is 0.569. The lowest BCUT2D eigenvalue weighted by atomic mass is 10.6. The van der Waals surface area contributed by atoms with Crippen LogP contribution in [0.25, 0.3) is 0 Å². The van der Waals surface area contributed by atoms with Gasteiger partial charge in [-0.25, -0.2) is 9.97 Å². The molecule has 1 aromatic heterocycles. The summed E-state index contributed by atoms with van der Waals surface area (Å²) in [5.41, 5.74) is 0. The third kappa shape index (κ3) is 1.88. The Kier molecular flexibility index (Phi) is 2.17. The molecule has 1 fully saturated rings. The van der Waals surface area contributed by atoms with Crippen molar-refractivity contribution >= 4 is 17.7 Å². The second-order valence-electron chi connectivity index (χ2n) is 2.84. The lowest BCUT2D eigenvalue weighted by Gasteiger charge is -2.02. The Morgan fingerprint density at radius 3 is 3.08 bits per heavy atom. The second kappa shape index (κ2) is 3.31. The molecule has 0 amide bonds. The fourth-order valence-electron chi connectivity index (χ4n) is 0.936. The van der Waals surface area contributed by atoms with Gasteiger partial charge in [0.05, 0.1) is 0 Å². The van der Waals surface area contributed by atoms with E-state index in [9.17, 15) is 0 Å². The molecule has 0 unspecified atom stereocenters. The molecule has 1 aromatic rings. The van der Waals surface area contributed by atoms with Gasteiger partial charge in [0.2, 0.25) is 5.95 Å². The van der Waals surface area contributed by atoms with Crippen molar-refractivity contribution in [1.82, 2.24) is 9.97 Å². The van der Waals surface area contributed by atoms with Gasteiger partial charge in [-0.3, -0.25) is 0 Å². The summed E-state index contributed by atoms with van der Waals surface area (Å²) in [6.07, 6.45) is 6.33. The van der Waals surface area contributed by atoms with Crippen molar-refractivity contribution in [2.45, 2.75) is 23.9 Å². The van der Waals surface area contributed by atoms with Gasteiger partial charge in [0, 0.05) is 12.2 Å². The molecule has 0 bridgehead atoms. The van der Waals surface area contributed by atoms with Crippen LogP contribution in [0.3, 0.4) is 0 Å². The average Bonchev–Trinajstić information content (AvgIpc) is 2.89. The minimum atomic E-state index is 0.627. The molecule has 3 nitrogen and oxygen atoms in total. The molecule has 0 aromatic carbocycles. The number of nitrogens with one attached hydrogen (secondary N) is 1. The molecule has 0 aliphatic heterocycles. The van der Waals surface area contributed by atoms with Crippen LogP contribution in [-0.4, -0.2) is 22.3 Å². The molecule has 1 saturated carbocycles. The van der Waals surface area contributed by atoms with Crippen LogP contribution in [-0.2, 0) is 0 Å². The second-order valence-corrected chi connectivity index (χ2v) is 3.67. The first kappa shape index (κ1) is 7.86. The number of thioether (sulfide) groups is 1. The molecule has 0 radical (unpaired) electrons. The van der Waals surface area contributed by atoms with E-state index < -0.39 is 0 Å². The Balaban J connectivity index is 2.08. The fourth-order valence-corrected chi connectivity index (χ4v) is 1.31. The van der Waals surface area contributed by atoms with Gasteiger partial charge in [-0.05, 0) is 25.2 Å². The highest BCUT2D eigenvalue weighted by atomic mass is 32.2. The minimum absolute atomic E-state index is 0.627. The van der Waals surface area contributed by atoms with Crippen LogP contribution < -0.4 is 5.32 Å². The molecule has 1 aliphatic carbocycles. The van der Waals surface area contributed by atoms with Crippen molar-refractivity contribution in [3.8, 4) is 0 Å². The van der Waals surface area contributed by atoms with E-state index in [0.29, 0.717) is 6.04 Å². The summed E-state index contributed by atoms with van der Waals surface area (Å²) in [7, 11) is 0. The van der Waals surface area contributed by atoms with E-state index in [1.54, 1.807) is 18.0 Å². The zero-order valence-electron chi connectivity index (χ0n) is 6.95. The zero-order chi connectivity index (χ0) is 8.39. The normalized spacial score (nSPS) is 16.1. The molecular formula is C8H11N3S. The molecule has 4 heteroatoms. The highest BCUT2D eigenvalue weighted by Gasteiger charge is 2.21. The molecular weight excluding hydrogens is 170 g/mol. The molecule has 0 spiro atoms. The van der Waals surface area contributed by atoms with Gasteiger partial charge in [-0.15, -0.1) is 11.8 Å². The molecule has 1 heterocycles. The van der Waals surface area contributed by atoms with Crippen LogP contribution in [0.5, 0.6) is 0 Å². The van der Waals surface area contributed by atoms with Crippen LogP contribution in [0, 0.1) is 0 Å². The SMILES string of the molecule is CSc1ccnc(NC2CC2)n1. The van der Waals surface area contributed by atoms with Crippen LogP contribution in [0.1, 0.15) is 12.8 Å². The van der Waals surface area contributed by atoms with Gasteiger partial charge in [0.25, 0.3) is 0 Å². The molecule has 0 atom stereocenters. The smallest absolute Gasteiger partial charge is 0.223 e. The number of hydrogen-bond donors (Lipinski definition) is 1. The molecule has 12 heavy (non-hydrogen) atoms. The summed E-state index contributed by atoms with van der Waals surface area (Å²) >= 11 is 1.64. The average molecular weight is 181 g/mol. The Labute approximate surface area is 76.0 Å². The molecule has 1 N–H and O–H groups in total. The predicted molar refractivity (Wildman–Crippen MR) is 50.5 cm³/mol. The lowest BCUT2D eigenvalue weighted by molar-refractivity contribution is 0.998. The highest BCUT2D eigenvalue weighted by molar-refractivity contribution is 7.98. The summed E-state index contributed by atoms with van der Waals surface area (Å²) in [6, 6.07) is 2.55. The molecule has 1 aliphatic rings. The third-order valence-electron chi connectivity index (χ3n) is 1.75. The number of anilines is 1. The van der Waals surface area contributed by atoms with Gasteiger partial charge < -0.3 is 5.32 Å². The Hall–Kier alpha value is -0.770. The largest absolute Gasteiger partial charge is 0.351 e. The minimum Gasteiger partial charge on any atom is -0.351 e. The topological polar surface area (TPSA) is 37.8 Å². The van der Waals surface area contributed by atoms with E-state index >= 15 is 0 Å². The molecule has 64 valence electrons.